The number of aromatic nitrogens is 1. The summed E-state index contributed by atoms with van der Waals surface area (Å²) in [6.07, 6.45) is -2.94. The van der Waals surface area contributed by atoms with Gasteiger partial charge < -0.3 is 15.2 Å². The van der Waals surface area contributed by atoms with Crippen LogP contribution >= 0.6 is 0 Å². The molecule has 0 aliphatic carbocycles. The molecule has 0 radical (unpaired) electrons. The molecular formula is C20H17F3N2O2. The summed E-state index contributed by atoms with van der Waals surface area (Å²) in [4.78, 5) is 4.14. The topological polar surface area (TPSA) is 57.4 Å². The molecule has 0 bridgehead atoms. The Balaban J connectivity index is 1.95. The number of anilines is 1. The number of nitrogens with zero attached hydrogens (tertiary/aromatic N) is 1. The van der Waals surface area contributed by atoms with E-state index in [0.717, 1.165) is 17.7 Å². The summed E-state index contributed by atoms with van der Waals surface area (Å²) in [5, 5.41) is 0. The van der Waals surface area contributed by atoms with E-state index in [0.29, 0.717) is 22.4 Å². The van der Waals surface area contributed by atoms with Crippen molar-refractivity contribution < 1.29 is 22.6 Å². The number of pyridine rings is 1. The van der Waals surface area contributed by atoms with E-state index in [1.54, 1.807) is 36.4 Å². The van der Waals surface area contributed by atoms with Crippen molar-refractivity contribution in [1.29, 1.82) is 0 Å². The molecular weight excluding hydrogens is 357 g/mol. The second-order valence-corrected chi connectivity index (χ2v) is 5.81. The van der Waals surface area contributed by atoms with Crippen molar-refractivity contribution in [3.63, 3.8) is 0 Å². The lowest BCUT2D eigenvalue weighted by atomic mass is 9.99. The Labute approximate surface area is 154 Å². The number of hydrogen-bond donors (Lipinski definition) is 1. The average Bonchev–Trinajstić information content (AvgIpc) is 2.67. The van der Waals surface area contributed by atoms with Gasteiger partial charge in [0.05, 0.1) is 5.56 Å². The van der Waals surface area contributed by atoms with Crippen molar-refractivity contribution in [3.05, 3.63) is 66.4 Å². The van der Waals surface area contributed by atoms with Gasteiger partial charge in [0.2, 0.25) is 0 Å². The van der Waals surface area contributed by atoms with Crippen molar-refractivity contribution in [2.75, 3.05) is 19.6 Å². The van der Waals surface area contributed by atoms with Crippen LogP contribution in [0.15, 0.2) is 60.8 Å². The van der Waals surface area contributed by atoms with E-state index < -0.39 is 11.7 Å². The molecule has 0 saturated heterocycles. The molecule has 0 spiro atoms. The molecule has 27 heavy (non-hydrogen) atoms. The third-order valence-corrected chi connectivity index (χ3v) is 3.95. The first kappa shape index (κ1) is 18.7. The van der Waals surface area contributed by atoms with Crippen LogP contribution in [0.25, 0.3) is 22.3 Å². The van der Waals surface area contributed by atoms with E-state index in [2.05, 4.69) is 4.98 Å². The fraction of sp³-hybridized carbons (Fsp3) is 0.150. The molecule has 2 N–H and O–H groups in total. The Morgan fingerprint density at radius 3 is 2.37 bits per heavy atom. The van der Waals surface area contributed by atoms with E-state index in [1.165, 1.54) is 19.4 Å². The number of rotatable bonds is 5. The number of benzene rings is 2. The molecule has 1 heterocycles. The van der Waals surface area contributed by atoms with E-state index in [4.69, 9.17) is 15.2 Å². The highest BCUT2D eigenvalue weighted by molar-refractivity contribution is 5.79. The third kappa shape index (κ3) is 4.38. The zero-order chi connectivity index (χ0) is 19.4. The van der Waals surface area contributed by atoms with Crippen LogP contribution in [0.2, 0.25) is 0 Å². The van der Waals surface area contributed by atoms with E-state index in [1.807, 2.05) is 0 Å². The summed E-state index contributed by atoms with van der Waals surface area (Å²) in [6, 6.07) is 13.9. The summed E-state index contributed by atoms with van der Waals surface area (Å²) in [7, 11) is 1.53. The Morgan fingerprint density at radius 2 is 1.70 bits per heavy atom. The molecule has 1 aromatic heterocycles. The number of nitrogen functional groups attached to an aromatic ring is 1. The SMILES string of the molecule is COCOc1ccc(-c2cc(-c3cccc(C(F)(F)F)c3)cnc2N)cc1. The predicted octanol–water partition coefficient (Wildman–Crippen LogP) is 5.00. The van der Waals surface area contributed by atoms with E-state index >= 15 is 0 Å². The lowest BCUT2D eigenvalue weighted by Gasteiger charge is -2.11. The van der Waals surface area contributed by atoms with Gasteiger partial charge in [-0.05, 0) is 41.5 Å². The van der Waals surface area contributed by atoms with Crippen LogP contribution in [-0.4, -0.2) is 18.9 Å². The van der Waals surface area contributed by atoms with Crippen LogP contribution in [0.5, 0.6) is 5.75 Å². The van der Waals surface area contributed by atoms with Gasteiger partial charge in [0.1, 0.15) is 11.6 Å². The minimum absolute atomic E-state index is 0.133. The van der Waals surface area contributed by atoms with Crippen molar-refractivity contribution >= 4 is 5.82 Å². The minimum atomic E-state index is -4.40. The zero-order valence-corrected chi connectivity index (χ0v) is 14.5. The number of alkyl halides is 3. The van der Waals surface area contributed by atoms with Crippen LogP contribution in [0.3, 0.4) is 0 Å². The van der Waals surface area contributed by atoms with Crippen LogP contribution < -0.4 is 10.5 Å². The van der Waals surface area contributed by atoms with Crippen molar-refractivity contribution in [1.82, 2.24) is 4.98 Å². The molecule has 0 unspecified atom stereocenters. The predicted molar refractivity (Wildman–Crippen MR) is 97.0 cm³/mol. The Bertz CT molecular complexity index is 925. The Hall–Kier alpha value is -3.06. The maximum Gasteiger partial charge on any atom is 0.416 e. The van der Waals surface area contributed by atoms with Gasteiger partial charge in [0.15, 0.2) is 6.79 Å². The molecule has 2 aromatic carbocycles. The molecule has 3 aromatic rings. The van der Waals surface area contributed by atoms with Crippen molar-refractivity contribution in [3.8, 4) is 28.0 Å². The highest BCUT2D eigenvalue weighted by Gasteiger charge is 2.30. The van der Waals surface area contributed by atoms with Gasteiger partial charge in [-0.15, -0.1) is 0 Å². The number of nitrogens with two attached hydrogens (primary N) is 1. The number of ether oxygens (including phenoxy) is 2. The largest absolute Gasteiger partial charge is 0.468 e. The quantitative estimate of drug-likeness (QED) is 0.639. The monoisotopic (exact) mass is 374 g/mol. The van der Waals surface area contributed by atoms with Crippen LogP contribution in [0.4, 0.5) is 19.0 Å². The lowest BCUT2D eigenvalue weighted by molar-refractivity contribution is -0.137. The first-order chi connectivity index (χ1) is 12.9. The smallest absolute Gasteiger partial charge is 0.416 e. The second kappa shape index (κ2) is 7.67. The molecule has 0 fully saturated rings. The van der Waals surface area contributed by atoms with Gasteiger partial charge >= 0.3 is 6.18 Å². The third-order valence-electron chi connectivity index (χ3n) is 3.95. The van der Waals surface area contributed by atoms with E-state index in [9.17, 15) is 13.2 Å². The maximum absolute atomic E-state index is 13.0. The summed E-state index contributed by atoms with van der Waals surface area (Å²) in [5.41, 5.74) is 7.63. The molecule has 3 rings (SSSR count). The first-order valence-corrected chi connectivity index (χ1v) is 8.04. The molecule has 0 amide bonds. The van der Waals surface area contributed by atoms with Gasteiger partial charge in [-0.2, -0.15) is 13.2 Å². The van der Waals surface area contributed by atoms with Crippen molar-refractivity contribution in [2.45, 2.75) is 6.18 Å². The molecule has 0 saturated carbocycles. The van der Waals surface area contributed by atoms with Crippen LogP contribution in [0, 0.1) is 0 Å². The summed E-state index contributed by atoms with van der Waals surface area (Å²) in [5.74, 6) is 0.914. The van der Waals surface area contributed by atoms with Crippen LogP contribution in [-0.2, 0) is 10.9 Å². The molecule has 0 aliphatic rings. The van der Waals surface area contributed by atoms with E-state index in [-0.39, 0.29) is 12.6 Å². The second-order valence-electron chi connectivity index (χ2n) is 5.81. The van der Waals surface area contributed by atoms with Gasteiger partial charge in [0.25, 0.3) is 0 Å². The summed E-state index contributed by atoms with van der Waals surface area (Å²) < 4.78 is 49.1. The standard InChI is InChI=1S/C20H17F3N2O2/c1-26-12-27-17-7-5-13(6-8-17)18-10-15(11-25-19(18)24)14-3-2-4-16(9-14)20(21,22)23/h2-11H,12H2,1H3,(H2,24,25). The highest BCUT2D eigenvalue weighted by atomic mass is 19.4. The Morgan fingerprint density at radius 1 is 0.963 bits per heavy atom. The Kier molecular flexibility index (Phi) is 5.32. The highest BCUT2D eigenvalue weighted by Crippen LogP contribution is 2.34. The van der Waals surface area contributed by atoms with Gasteiger partial charge in [-0.3, -0.25) is 0 Å². The van der Waals surface area contributed by atoms with Gasteiger partial charge in [-0.1, -0.05) is 24.3 Å². The van der Waals surface area contributed by atoms with Gasteiger partial charge in [-0.25, -0.2) is 4.98 Å². The summed E-state index contributed by atoms with van der Waals surface area (Å²) >= 11 is 0. The molecule has 140 valence electrons. The fourth-order valence-electron chi connectivity index (χ4n) is 2.60. The molecule has 0 atom stereocenters. The average molecular weight is 374 g/mol. The minimum Gasteiger partial charge on any atom is -0.468 e. The van der Waals surface area contributed by atoms with Crippen molar-refractivity contribution in [2.24, 2.45) is 0 Å². The number of hydrogen-bond acceptors (Lipinski definition) is 4. The molecule has 0 aliphatic heterocycles. The molecule has 4 nitrogen and oxygen atoms in total. The zero-order valence-electron chi connectivity index (χ0n) is 14.5. The first-order valence-electron chi connectivity index (χ1n) is 8.04. The van der Waals surface area contributed by atoms with Crippen LogP contribution in [0.1, 0.15) is 5.56 Å². The summed E-state index contributed by atoms with van der Waals surface area (Å²) in [6.45, 7) is 0.133. The van der Waals surface area contributed by atoms with Gasteiger partial charge in [0, 0.05) is 24.4 Å². The molecule has 7 heteroatoms. The fourth-order valence-corrected chi connectivity index (χ4v) is 2.60. The number of halogens is 3. The lowest BCUT2D eigenvalue weighted by Crippen LogP contribution is -2.04. The normalized spacial score (nSPS) is 11.4. The number of methoxy groups -OCH3 is 1. The maximum atomic E-state index is 13.0.